The minimum atomic E-state index is -0.0869. The molecule has 0 saturated heterocycles. The highest BCUT2D eigenvalue weighted by atomic mass is 32.2. The summed E-state index contributed by atoms with van der Waals surface area (Å²) in [5, 5.41) is 22.0. The van der Waals surface area contributed by atoms with E-state index in [1.165, 1.54) is 16.3 Å². The number of hydrogen-bond acceptors (Lipinski definition) is 7. The molecule has 0 unspecified atom stereocenters. The number of nitrogens with zero attached hydrogens (tertiary/aromatic N) is 8. The van der Waals surface area contributed by atoms with Gasteiger partial charge in [0.05, 0.1) is 22.3 Å². The molecule has 5 aromatic rings. The monoisotopic (exact) mass is 418 g/mol. The molecule has 9 nitrogen and oxygen atoms in total. The zero-order valence-electron chi connectivity index (χ0n) is 16.6. The van der Waals surface area contributed by atoms with Crippen molar-refractivity contribution >= 4 is 28.4 Å². The van der Waals surface area contributed by atoms with Gasteiger partial charge in [0.25, 0.3) is 5.56 Å². The molecule has 0 bridgehead atoms. The van der Waals surface area contributed by atoms with E-state index in [1.807, 2.05) is 60.7 Å². The summed E-state index contributed by atoms with van der Waals surface area (Å²) in [5.74, 6) is 1.72. The minimum absolute atomic E-state index is 0.0869. The highest BCUT2D eigenvalue weighted by molar-refractivity contribution is 7.98. The van der Waals surface area contributed by atoms with Crippen LogP contribution >= 0.6 is 11.8 Å². The minimum Gasteiger partial charge on any atom is -0.279 e. The molecule has 150 valence electrons. The number of rotatable bonds is 4. The van der Waals surface area contributed by atoms with Gasteiger partial charge in [0.2, 0.25) is 10.9 Å². The molecule has 3 aromatic heterocycles. The standard InChI is InChI=1S/C20H18N8OS/c1-12-5-4-6-14(9-12)28-20(23-24-25-28)30-11-17-21-22-19-26(3)18(29)15-10-13(2)7-8-16(15)27(17)19/h4-10H,11H2,1-3H3. The Morgan fingerprint density at radius 1 is 1.00 bits per heavy atom. The van der Waals surface area contributed by atoms with Crippen molar-refractivity contribution in [3.05, 3.63) is 69.8 Å². The van der Waals surface area contributed by atoms with Crippen LogP contribution in [-0.4, -0.2) is 39.4 Å². The van der Waals surface area contributed by atoms with Crippen LogP contribution in [0.4, 0.5) is 0 Å². The zero-order valence-corrected chi connectivity index (χ0v) is 17.5. The molecule has 30 heavy (non-hydrogen) atoms. The lowest BCUT2D eigenvalue weighted by atomic mass is 10.1. The lowest BCUT2D eigenvalue weighted by Gasteiger charge is -2.08. The van der Waals surface area contributed by atoms with Crippen LogP contribution in [0, 0.1) is 13.8 Å². The normalized spacial score (nSPS) is 11.6. The van der Waals surface area contributed by atoms with Crippen molar-refractivity contribution in [3.8, 4) is 5.69 Å². The first-order valence-corrected chi connectivity index (χ1v) is 10.3. The largest absolute Gasteiger partial charge is 0.279 e. The first kappa shape index (κ1) is 18.5. The third-order valence-electron chi connectivity index (χ3n) is 4.96. The van der Waals surface area contributed by atoms with Gasteiger partial charge in [0.1, 0.15) is 5.82 Å². The average molecular weight is 418 g/mol. The Bertz CT molecular complexity index is 1470. The lowest BCUT2D eigenvalue weighted by molar-refractivity contribution is 0.755. The molecule has 0 fully saturated rings. The summed E-state index contributed by atoms with van der Waals surface area (Å²) in [6.45, 7) is 4.00. The summed E-state index contributed by atoms with van der Waals surface area (Å²) in [6.07, 6.45) is 0. The van der Waals surface area contributed by atoms with Gasteiger partial charge in [-0.2, -0.15) is 4.68 Å². The predicted molar refractivity (Wildman–Crippen MR) is 114 cm³/mol. The third kappa shape index (κ3) is 2.96. The summed E-state index contributed by atoms with van der Waals surface area (Å²) >= 11 is 1.46. The highest BCUT2D eigenvalue weighted by Gasteiger charge is 2.17. The van der Waals surface area contributed by atoms with E-state index in [0.717, 1.165) is 28.2 Å². The SMILES string of the molecule is Cc1cccc(-n2nnnc2SCc2nnc3n(C)c(=O)c4cc(C)ccc4n23)c1. The molecule has 0 amide bonds. The number of benzene rings is 2. The van der Waals surface area contributed by atoms with Gasteiger partial charge in [-0.15, -0.1) is 15.3 Å². The lowest BCUT2D eigenvalue weighted by Crippen LogP contribution is -2.20. The fraction of sp³-hybridized carbons (Fsp3) is 0.200. The van der Waals surface area contributed by atoms with E-state index in [9.17, 15) is 4.79 Å². The van der Waals surface area contributed by atoms with Crippen LogP contribution in [0.25, 0.3) is 22.4 Å². The maximum atomic E-state index is 12.7. The Hall–Kier alpha value is -3.53. The highest BCUT2D eigenvalue weighted by Crippen LogP contribution is 2.24. The molecule has 0 N–H and O–H groups in total. The third-order valence-corrected chi connectivity index (χ3v) is 5.87. The summed E-state index contributed by atoms with van der Waals surface area (Å²) in [4.78, 5) is 12.7. The Labute approximate surface area is 175 Å². The van der Waals surface area contributed by atoms with E-state index >= 15 is 0 Å². The van der Waals surface area contributed by atoms with E-state index in [2.05, 4.69) is 25.7 Å². The van der Waals surface area contributed by atoms with Crippen molar-refractivity contribution in [2.45, 2.75) is 24.8 Å². The zero-order chi connectivity index (χ0) is 20.8. The number of aryl methyl sites for hydroxylation is 3. The maximum absolute atomic E-state index is 12.7. The second-order valence-electron chi connectivity index (χ2n) is 7.14. The Kier molecular flexibility index (Phi) is 4.35. The number of aromatic nitrogens is 8. The smallest absolute Gasteiger partial charge is 0.262 e. The Morgan fingerprint density at radius 2 is 1.83 bits per heavy atom. The van der Waals surface area contributed by atoms with Crippen LogP contribution in [0.15, 0.2) is 52.4 Å². The van der Waals surface area contributed by atoms with Crippen molar-refractivity contribution in [3.63, 3.8) is 0 Å². The number of tetrazole rings is 1. The summed E-state index contributed by atoms with van der Waals surface area (Å²) < 4.78 is 5.15. The molecule has 2 aromatic carbocycles. The van der Waals surface area contributed by atoms with E-state index < -0.39 is 0 Å². The molecule has 5 rings (SSSR count). The first-order chi connectivity index (χ1) is 14.5. The van der Waals surface area contributed by atoms with Crippen LogP contribution in [0.1, 0.15) is 17.0 Å². The molecular weight excluding hydrogens is 400 g/mol. The number of thioether (sulfide) groups is 1. The first-order valence-electron chi connectivity index (χ1n) is 9.34. The van der Waals surface area contributed by atoms with Crippen LogP contribution < -0.4 is 5.56 Å². The molecule has 10 heteroatoms. The molecule has 3 heterocycles. The van der Waals surface area contributed by atoms with Gasteiger partial charge in [-0.05, 0) is 54.1 Å². The second kappa shape index (κ2) is 7.06. The fourth-order valence-corrected chi connectivity index (χ4v) is 4.28. The molecule has 0 aliphatic carbocycles. The average Bonchev–Trinajstić information content (AvgIpc) is 3.37. The topological polar surface area (TPSA) is 95.8 Å². The number of hydrogen-bond donors (Lipinski definition) is 0. The fourth-order valence-electron chi connectivity index (χ4n) is 3.47. The molecule has 0 saturated carbocycles. The molecule has 0 radical (unpaired) electrons. The maximum Gasteiger partial charge on any atom is 0.262 e. The van der Waals surface area contributed by atoms with Gasteiger partial charge in [0.15, 0.2) is 0 Å². The summed E-state index contributed by atoms with van der Waals surface area (Å²) in [5.41, 5.74) is 3.76. The molecule has 0 spiro atoms. The van der Waals surface area contributed by atoms with Gasteiger partial charge in [0, 0.05) is 7.05 Å². The molecule has 0 atom stereocenters. The van der Waals surface area contributed by atoms with E-state index in [0.29, 0.717) is 22.1 Å². The van der Waals surface area contributed by atoms with E-state index in [4.69, 9.17) is 0 Å². The van der Waals surface area contributed by atoms with Gasteiger partial charge >= 0.3 is 0 Å². The van der Waals surface area contributed by atoms with Gasteiger partial charge in [-0.25, -0.2) is 0 Å². The van der Waals surface area contributed by atoms with Crippen molar-refractivity contribution in [2.24, 2.45) is 7.05 Å². The molecule has 0 aliphatic rings. The van der Waals surface area contributed by atoms with Crippen LogP contribution in [0.5, 0.6) is 0 Å². The summed E-state index contributed by atoms with van der Waals surface area (Å²) in [7, 11) is 1.71. The molecule has 0 aliphatic heterocycles. The summed E-state index contributed by atoms with van der Waals surface area (Å²) in [6, 6.07) is 13.8. The number of fused-ring (bicyclic) bond motifs is 3. The quantitative estimate of drug-likeness (QED) is 0.414. The van der Waals surface area contributed by atoms with Crippen LogP contribution in [0.2, 0.25) is 0 Å². The second-order valence-corrected chi connectivity index (χ2v) is 8.08. The van der Waals surface area contributed by atoms with Gasteiger partial charge in [-0.3, -0.25) is 13.8 Å². The van der Waals surface area contributed by atoms with Crippen LogP contribution in [-0.2, 0) is 12.8 Å². The van der Waals surface area contributed by atoms with E-state index in [-0.39, 0.29) is 5.56 Å². The van der Waals surface area contributed by atoms with Crippen molar-refractivity contribution in [1.82, 2.24) is 39.4 Å². The molecular formula is C20H18N8OS. The van der Waals surface area contributed by atoms with Crippen molar-refractivity contribution in [1.29, 1.82) is 0 Å². The van der Waals surface area contributed by atoms with Crippen molar-refractivity contribution < 1.29 is 0 Å². The van der Waals surface area contributed by atoms with Crippen LogP contribution in [0.3, 0.4) is 0 Å². The predicted octanol–water partition coefficient (Wildman–Crippen LogP) is 2.47. The Morgan fingerprint density at radius 3 is 2.67 bits per heavy atom. The van der Waals surface area contributed by atoms with Crippen molar-refractivity contribution in [2.75, 3.05) is 0 Å². The van der Waals surface area contributed by atoms with E-state index in [1.54, 1.807) is 11.7 Å². The Balaban J connectivity index is 1.56. The van der Waals surface area contributed by atoms with Gasteiger partial charge < -0.3 is 0 Å². The van der Waals surface area contributed by atoms with Gasteiger partial charge in [-0.1, -0.05) is 35.5 Å².